The lowest BCUT2D eigenvalue weighted by Gasteiger charge is -2.60. The Balaban J connectivity index is 1.26. The lowest BCUT2D eigenvalue weighted by atomic mass is 9.48. The van der Waals surface area contributed by atoms with Crippen LogP contribution in [0.15, 0.2) is 37.1 Å². The molecular formula is C20H23BrN4O. The van der Waals surface area contributed by atoms with E-state index in [1.807, 2.05) is 22.9 Å². The molecule has 2 atom stereocenters. The minimum absolute atomic E-state index is 0.125. The second-order valence-electron chi connectivity index (χ2n) is 8.71. The van der Waals surface area contributed by atoms with E-state index in [1.165, 1.54) is 32.1 Å². The van der Waals surface area contributed by atoms with Crippen molar-refractivity contribution in [2.45, 2.75) is 49.3 Å². The van der Waals surface area contributed by atoms with Crippen LogP contribution in [0.25, 0.3) is 5.82 Å². The van der Waals surface area contributed by atoms with Gasteiger partial charge in [-0.25, -0.2) is 9.97 Å². The molecule has 0 radical (unpaired) electrons. The van der Waals surface area contributed by atoms with Crippen LogP contribution < -0.4 is 5.32 Å². The van der Waals surface area contributed by atoms with E-state index in [9.17, 15) is 4.79 Å². The van der Waals surface area contributed by atoms with Gasteiger partial charge in [0.25, 0.3) is 0 Å². The molecule has 0 aromatic carbocycles. The van der Waals surface area contributed by atoms with Gasteiger partial charge in [0.2, 0.25) is 5.91 Å². The second kappa shape index (κ2) is 5.91. The highest BCUT2D eigenvalue weighted by atomic mass is 79.9. The first-order valence-electron chi connectivity index (χ1n) is 9.44. The molecule has 4 bridgehead atoms. The van der Waals surface area contributed by atoms with Crippen molar-refractivity contribution in [3.8, 4) is 5.82 Å². The Morgan fingerprint density at radius 1 is 1.27 bits per heavy atom. The molecule has 4 aliphatic rings. The van der Waals surface area contributed by atoms with E-state index in [0.717, 1.165) is 29.8 Å². The molecule has 136 valence electrons. The predicted octanol–water partition coefficient (Wildman–Crippen LogP) is 4.33. The number of nitrogens with zero attached hydrogens (tertiary/aromatic N) is 3. The first kappa shape index (κ1) is 16.5. The number of pyridine rings is 1. The molecule has 4 fully saturated rings. The fraction of sp³-hybridized carbons (Fsp3) is 0.550. The molecule has 2 aromatic rings. The molecule has 0 unspecified atom stereocenters. The largest absolute Gasteiger partial charge is 0.325 e. The summed E-state index contributed by atoms with van der Waals surface area (Å²) in [5.41, 5.74) is 0.958. The maximum Gasteiger partial charge on any atom is 0.224 e. The van der Waals surface area contributed by atoms with Crippen molar-refractivity contribution in [2.24, 2.45) is 17.3 Å². The van der Waals surface area contributed by atoms with Crippen molar-refractivity contribution in [3.05, 3.63) is 37.1 Å². The SMILES string of the molecule is O=C(CC12C[C@H]3C[C@@H](CC(Br)(C3)C1)C2)Nc1ccc(-n2ccnc2)nc1. The Labute approximate surface area is 161 Å². The normalized spacial score (nSPS) is 34.8. The average Bonchev–Trinajstić information content (AvgIpc) is 3.07. The minimum atomic E-state index is 0.125. The van der Waals surface area contributed by atoms with Crippen LogP contribution >= 0.6 is 15.9 Å². The fourth-order valence-corrected chi connectivity index (χ4v) is 7.61. The Hall–Kier alpha value is -1.69. The molecule has 1 amide bonds. The number of aromatic nitrogens is 3. The molecule has 0 saturated heterocycles. The molecule has 1 N–H and O–H groups in total. The Bertz CT molecular complexity index is 803. The van der Waals surface area contributed by atoms with Crippen molar-refractivity contribution in [1.29, 1.82) is 0 Å². The number of alkyl halides is 1. The molecule has 5 nitrogen and oxygen atoms in total. The summed E-state index contributed by atoms with van der Waals surface area (Å²) in [5, 5.41) is 3.06. The van der Waals surface area contributed by atoms with E-state index in [-0.39, 0.29) is 11.3 Å². The summed E-state index contributed by atoms with van der Waals surface area (Å²) in [6.07, 6.45) is 15.2. The number of carbonyl (C=O) groups excluding carboxylic acids is 1. The highest BCUT2D eigenvalue weighted by molar-refractivity contribution is 9.10. The van der Waals surface area contributed by atoms with Gasteiger partial charge >= 0.3 is 0 Å². The van der Waals surface area contributed by atoms with E-state index in [2.05, 4.69) is 31.2 Å². The standard InChI is InChI=1S/C20H23BrN4O/c21-20-8-14-5-15(9-20)7-19(6-14,12-20)10-18(26)24-16-1-2-17(23-11-16)25-4-3-22-13-25/h1-4,11,13-15H,5-10,12H2,(H,24,26)/t14-,15-,19?,20?/m1/s1. The number of anilines is 1. The van der Waals surface area contributed by atoms with Gasteiger partial charge in [0.15, 0.2) is 0 Å². The number of halogens is 1. The summed E-state index contributed by atoms with van der Waals surface area (Å²) >= 11 is 4.03. The number of carbonyl (C=O) groups is 1. The van der Waals surface area contributed by atoms with Gasteiger partial charge in [-0.15, -0.1) is 0 Å². The van der Waals surface area contributed by atoms with Crippen molar-refractivity contribution in [3.63, 3.8) is 0 Å². The quantitative estimate of drug-likeness (QED) is 0.757. The van der Waals surface area contributed by atoms with Gasteiger partial charge in [-0.05, 0) is 67.9 Å². The van der Waals surface area contributed by atoms with Gasteiger partial charge in [-0.3, -0.25) is 9.36 Å². The molecular weight excluding hydrogens is 392 g/mol. The fourth-order valence-electron chi connectivity index (χ4n) is 6.10. The summed E-state index contributed by atoms with van der Waals surface area (Å²) in [4.78, 5) is 21.2. The zero-order valence-corrected chi connectivity index (χ0v) is 16.3. The van der Waals surface area contributed by atoms with E-state index in [1.54, 1.807) is 18.7 Å². The topological polar surface area (TPSA) is 59.8 Å². The van der Waals surface area contributed by atoms with Gasteiger partial charge in [0, 0.05) is 23.1 Å². The highest BCUT2D eigenvalue weighted by Crippen LogP contribution is 2.65. The number of hydrogen-bond donors (Lipinski definition) is 1. The van der Waals surface area contributed by atoms with Gasteiger partial charge in [0.05, 0.1) is 11.9 Å². The van der Waals surface area contributed by atoms with Crippen LogP contribution in [-0.2, 0) is 4.79 Å². The molecule has 0 spiro atoms. The van der Waals surface area contributed by atoms with Gasteiger partial charge in [-0.2, -0.15) is 0 Å². The first-order valence-corrected chi connectivity index (χ1v) is 10.2. The van der Waals surface area contributed by atoms with Crippen molar-refractivity contribution in [2.75, 3.05) is 5.32 Å². The molecule has 4 saturated carbocycles. The van der Waals surface area contributed by atoms with E-state index < -0.39 is 0 Å². The third-order valence-corrected chi connectivity index (χ3v) is 7.37. The number of nitrogens with one attached hydrogen (secondary N) is 1. The molecule has 4 aliphatic carbocycles. The third kappa shape index (κ3) is 2.98. The van der Waals surface area contributed by atoms with Gasteiger partial charge in [-0.1, -0.05) is 15.9 Å². The zero-order valence-electron chi connectivity index (χ0n) is 14.7. The van der Waals surface area contributed by atoms with Crippen LogP contribution in [0.1, 0.15) is 44.9 Å². The lowest BCUT2D eigenvalue weighted by Crippen LogP contribution is -2.53. The summed E-state index contributed by atoms with van der Waals surface area (Å²) < 4.78 is 2.14. The van der Waals surface area contributed by atoms with E-state index >= 15 is 0 Å². The molecule has 0 aliphatic heterocycles. The monoisotopic (exact) mass is 414 g/mol. The number of rotatable bonds is 4. The summed E-state index contributed by atoms with van der Waals surface area (Å²) in [6, 6.07) is 3.81. The van der Waals surface area contributed by atoms with Gasteiger partial charge in [0.1, 0.15) is 12.1 Å². The Morgan fingerprint density at radius 2 is 2.08 bits per heavy atom. The highest BCUT2D eigenvalue weighted by Gasteiger charge is 2.57. The number of hydrogen-bond acceptors (Lipinski definition) is 3. The lowest BCUT2D eigenvalue weighted by molar-refractivity contribution is -0.123. The van der Waals surface area contributed by atoms with Gasteiger partial charge < -0.3 is 5.32 Å². The van der Waals surface area contributed by atoms with Crippen LogP contribution in [0.3, 0.4) is 0 Å². The maximum absolute atomic E-state index is 12.7. The van der Waals surface area contributed by atoms with Crippen LogP contribution in [0.4, 0.5) is 5.69 Å². The molecule has 6 heteroatoms. The van der Waals surface area contributed by atoms with Crippen molar-refractivity contribution < 1.29 is 4.79 Å². The third-order valence-electron chi connectivity index (χ3n) is 6.45. The smallest absolute Gasteiger partial charge is 0.224 e. The summed E-state index contributed by atoms with van der Waals surface area (Å²) in [7, 11) is 0. The van der Waals surface area contributed by atoms with Crippen LogP contribution in [0.2, 0.25) is 0 Å². The molecule has 6 rings (SSSR count). The predicted molar refractivity (Wildman–Crippen MR) is 103 cm³/mol. The summed E-state index contributed by atoms with van der Waals surface area (Å²) in [5.74, 6) is 2.53. The first-order chi connectivity index (χ1) is 12.5. The zero-order chi connectivity index (χ0) is 17.8. The molecule has 2 heterocycles. The minimum Gasteiger partial charge on any atom is -0.325 e. The second-order valence-corrected chi connectivity index (χ2v) is 10.4. The maximum atomic E-state index is 12.7. The summed E-state index contributed by atoms with van der Waals surface area (Å²) in [6.45, 7) is 0. The van der Waals surface area contributed by atoms with E-state index in [4.69, 9.17) is 0 Å². The average molecular weight is 415 g/mol. The van der Waals surface area contributed by atoms with Crippen LogP contribution in [-0.4, -0.2) is 24.8 Å². The Kier molecular flexibility index (Phi) is 3.75. The van der Waals surface area contributed by atoms with Crippen LogP contribution in [0, 0.1) is 17.3 Å². The van der Waals surface area contributed by atoms with Crippen molar-refractivity contribution >= 4 is 27.5 Å². The Morgan fingerprint density at radius 3 is 2.69 bits per heavy atom. The number of amides is 1. The van der Waals surface area contributed by atoms with Crippen LogP contribution in [0.5, 0.6) is 0 Å². The van der Waals surface area contributed by atoms with E-state index in [0.29, 0.717) is 10.7 Å². The molecule has 26 heavy (non-hydrogen) atoms. The van der Waals surface area contributed by atoms with Crippen molar-refractivity contribution in [1.82, 2.24) is 14.5 Å². The number of imidazole rings is 1. The molecule has 2 aromatic heterocycles.